The highest BCUT2D eigenvalue weighted by atomic mass is 35.5. The zero-order valence-electron chi connectivity index (χ0n) is 20.8. The predicted octanol–water partition coefficient (Wildman–Crippen LogP) is 5.71. The molecule has 182 valence electrons. The van der Waals surface area contributed by atoms with Crippen LogP contribution in [0.2, 0.25) is 23.4 Å². The molecule has 34 heavy (non-hydrogen) atoms. The summed E-state index contributed by atoms with van der Waals surface area (Å²) >= 11 is 6.28. The van der Waals surface area contributed by atoms with Gasteiger partial charge in [-0.05, 0) is 60.1 Å². The number of anilines is 1. The van der Waals surface area contributed by atoms with Gasteiger partial charge in [-0.1, -0.05) is 20.8 Å². The van der Waals surface area contributed by atoms with E-state index >= 15 is 0 Å². The summed E-state index contributed by atoms with van der Waals surface area (Å²) < 4.78 is 17.6. The summed E-state index contributed by atoms with van der Waals surface area (Å²) in [5.74, 6) is 1.61. The third-order valence-corrected chi connectivity index (χ3v) is 11.4. The Morgan fingerprint density at radius 3 is 2.47 bits per heavy atom. The molecule has 0 saturated carbocycles. The molecule has 0 N–H and O–H groups in total. The number of morpholine rings is 1. The highest BCUT2D eigenvalue weighted by molar-refractivity contribution is 6.74. The van der Waals surface area contributed by atoms with Crippen LogP contribution >= 0.6 is 11.6 Å². The standard InChI is InChI=1S/C25H33ClN4O3Si/c1-25(2,3)34(5,6)33-16-18-15-17(7-10-21(18)31-4)20-9-8-19-22(27-20)28-24(26)29-23(19)30-11-13-32-14-12-30/h7-10,15H,11-14,16H2,1-6H3. The van der Waals surface area contributed by atoms with Crippen molar-refractivity contribution in [2.24, 2.45) is 0 Å². The monoisotopic (exact) mass is 500 g/mol. The lowest BCUT2D eigenvalue weighted by atomic mass is 10.1. The number of ether oxygens (including phenoxy) is 2. The van der Waals surface area contributed by atoms with Crippen molar-refractivity contribution in [1.29, 1.82) is 0 Å². The molecule has 0 amide bonds. The molecule has 0 unspecified atom stereocenters. The molecule has 1 aliphatic heterocycles. The van der Waals surface area contributed by atoms with Crippen molar-refractivity contribution in [3.05, 3.63) is 41.2 Å². The van der Waals surface area contributed by atoms with E-state index in [-0.39, 0.29) is 10.3 Å². The van der Waals surface area contributed by atoms with Gasteiger partial charge in [0.25, 0.3) is 0 Å². The summed E-state index contributed by atoms with van der Waals surface area (Å²) in [6.45, 7) is 14.6. The number of pyridine rings is 1. The highest BCUT2D eigenvalue weighted by Gasteiger charge is 2.37. The van der Waals surface area contributed by atoms with Crippen molar-refractivity contribution in [2.45, 2.75) is 45.5 Å². The maximum atomic E-state index is 6.47. The van der Waals surface area contributed by atoms with Gasteiger partial charge in [0.1, 0.15) is 11.6 Å². The number of methoxy groups -OCH3 is 1. The number of aromatic nitrogens is 3. The molecule has 9 heteroatoms. The van der Waals surface area contributed by atoms with Crippen molar-refractivity contribution >= 4 is 36.8 Å². The van der Waals surface area contributed by atoms with Crippen LogP contribution in [-0.4, -0.2) is 56.7 Å². The van der Waals surface area contributed by atoms with Gasteiger partial charge in [0.05, 0.1) is 38.0 Å². The SMILES string of the molecule is COc1ccc(-c2ccc3c(N4CCOCC4)nc(Cl)nc3n2)cc1CO[Si](C)(C)C(C)(C)C. The lowest BCUT2D eigenvalue weighted by Gasteiger charge is -2.36. The van der Waals surface area contributed by atoms with Crippen LogP contribution in [0.3, 0.4) is 0 Å². The average Bonchev–Trinajstić information content (AvgIpc) is 2.81. The second-order valence-corrected chi connectivity index (χ2v) is 15.2. The molecule has 1 fully saturated rings. The van der Waals surface area contributed by atoms with Gasteiger partial charge in [-0.3, -0.25) is 0 Å². The van der Waals surface area contributed by atoms with Gasteiger partial charge >= 0.3 is 0 Å². The predicted molar refractivity (Wildman–Crippen MR) is 139 cm³/mol. The average molecular weight is 501 g/mol. The van der Waals surface area contributed by atoms with Gasteiger partial charge in [-0.15, -0.1) is 0 Å². The molecule has 0 spiro atoms. The van der Waals surface area contributed by atoms with E-state index in [9.17, 15) is 0 Å². The molecule has 7 nitrogen and oxygen atoms in total. The first-order valence-electron chi connectivity index (χ1n) is 11.6. The fraction of sp³-hybridized carbons (Fsp3) is 0.480. The van der Waals surface area contributed by atoms with E-state index in [1.807, 2.05) is 24.3 Å². The number of hydrogen-bond acceptors (Lipinski definition) is 7. The molecule has 0 atom stereocenters. The highest BCUT2D eigenvalue weighted by Crippen LogP contribution is 2.38. The Morgan fingerprint density at radius 1 is 1.06 bits per heavy atom. The van der Waals surface area contributed by atoms with Crippen LogP contribution in [0.5, 0.6) is 5.75 Å². The molecule has 3 heterocycles. The van der Waals surface area contributed by atoms with E-state index in [1.54, 1.807) is 7.11 Å². The fourth-order valence-corrected chi connectivity index (χ4v) is 4.78. The molecule has 0 bridgehead atoms. The van der Waals surface area contributed by atoms with Crippen LogP contribution in [0, 0.1) is 0 Å². The zero-order valence-corrected chi connectivity index (χ0v) is 22.6. The third kappa shape index (κ3) is 5.20. The van der Waals surface area contributed by atoms with Crippen molar-refractivity contribution < 1.29 is 13.9 Å². The van der Waals surface area contributed by atoms with E-state index in [1.165, 1.54) is 0 Å². The number of nitrogens with zero attached hydrogens (tertiary/aromatic N) is 4. The number of fused-ring (bicyclic) bond motifs is 1. The van der Waals surface area contributed by atoms with Gasteiger partial charge in [0.15, 0.2) is 14.0 Å². The molecular formula is C25H33ClN4O3Si. The fourth-order valence-electron chi connectivity index (χ4n) is 3.67. The molecule has 1 aliphatic rings. The Morgan fingerprint density at radius 2 is 1.79 bits per heavy atom. The lowest BCUT2D eigenvalue weighted by Crippen LogP contribution is -2.40. The Balaban J connectivity index is 1.68. The van der Waals surface area contributed by atoms with Gasteiger partial charge in [-0.2, -0.15) is 9.97 Å². The topological polar surface area (TPSA) is 69.6 Å². The molecule has 0 radical (unpaired) electrons. The van der Waals surface area contributed by atoms with Crippen LogP contribution in [0.4, 0.5) is 5.82 Å². The van der Waals surface area contributed by atoms with E-state index in [0.29, 0.717) is 25.5 Å². The van der Waals surface area contributed by atoms with E-state index < -0.39 is 8.32 Å². The minimum atomic E-state index is -1.90. The normalized spacial score (nSPS) is 15.1. The first-order chi connectivity index (χ1) is 16.1. The number of halogens is 1. The van der Waals surface area contributed by atoms with E-state index in [0.717, 1.165) is 46.9 Å². The van der Waals surface area contributed by atoms with Crippen LogP contribution < -0.4 is 9.64 Å². The molecule has 3 aromatic rings. The third-order valence-electron chi connectivity index (χ3n) is 6.79. The summed E-state index contributed by atoms with van der Waals surface area (Å²) in [5, 5.41) is 1.21. The molecule has 0 aliphatic carbocycles. The van der Waals surface area contributed by atoms with Gasteiger partial charge in [-0.25, -0.2) is 4.98 Å². The van der Waals surface area contributed by atoms with E-state index in [2.05, 4.69) is 54.8 Å². The Bertz CT molecular complexity index is 1180. The number of rotatable bonds is 6. The van der Waals surface area contributed by atoms with Crippen molar-refractivity contribution in [1.82, 2.24) is 15.0 Å². The van der Waals surface area contributed by atoms with Gasteiger partial charge in [0, 0.05) is 24.2 Å². The zero-order chi connectivity index (χ0) is 24.5. The van der Waals surface area contributed by atoms with Crippen LogP contribution in [0.25, 0.3) is 22.3 Å². The number of benzene rings is 1. The van der Waals surface area contributed by atoms with Crippen molar-refractivity contribution in [2.75, 3.05) is 38.3 Å². The van der Waals surface area contributed by atoms with Crippen LogP contribution in [0.15, 0.2) is 30.3 Å². The maximum Gasteiger partial charge on any atom is 0.226 e. The smallest absolute Gasteiger partial charge is 0.226 e. The van der Waals surface area contributed by atoms with Gasteiger partial charge in [0.2, 0.25) is 5.28 Å². The van der Waals surface area contributed by atoms with Gasteiger partial charge < -0.3 is 18.8 Å². The second-order valence-electron chi connectivity index (χ2n) is 10.1. The maximum absolute atomic E-state index is 6.47. The summed E-state index contributed by atoms with van der Waals surface area (Å²) in [5.41, 5.74) is 3.36. The number of hydrogen-bond donors (Lipinski definition) is 0. The van der Waals surface area contributed by atoms with E-state index in [4.69, 9.17) is 30.5 Å². The summed E-state index contributed by atoms with van der Waals surface area (Å²) in [6, 6.07) is 10.1. The first-order valence-corrected chi connectivity index (χ1v) is 14.9. The first kappa shape index (κ1) is 24.8. The van der Waals surface area contributed by atoms with Crippen LogP contribution in [0.1, 0.15) is 26.3 Å². The summed E-state index contributed by atoms with van der Waals surface area (Å²) in [6.07, 6.45) is 0. The Kier molecular flexibility index (Phi) is 7.14. The molecule has 4 rings (SSSR count). The minimum Gasteiger partial charge on any atom is -0.496 e. The van der Waals surface area contributed by atoms with Crippen LogP contribution in [-0.2, 0) is 15.8 Å². The van der Waals surface area contributed by atoms with Crippen molar-refractivity contribution in [3.63, 3.8) is 0 Å². The largest absolute Gasteiger partial charge is 0.496 e. The lowest BCUT2D eigenvalue weighted by molar-refractivity contribution is 0.122. The molecule has 2 aromatic heterocycles. The van der Waals surface area contributed by atoms with Crippen molar-refractivity contribution in [3.8, 4) is 17.0 Å². The molecule has 1 saturated heterocycles. The Hall–Kier alpha value is -2.26. The molecular weight excluding hydrogens is 468 g/mol. The second kappa shape index (κ2) is 9.77. The summed E-state index contributed by atoms with van der Waals surface area (Å²) in [4.78, 5) is 15.9. The quantitative estimate of drug-likeness (QED) is 0.317. The summed E-state index contributed by atoms with van der Waals surface area (Å²) in [7, 11) is -0.216. The molecule has 1 aromatic carbocycles. The minimum absolute atomic E-state index is 0.134. The Labute approximate surface area is 207 Å².